The molecule has 0 spiro atoms. The van der Waals surface area contributed by atoms with Crippen LogP contribution in [0.15, 0.2) is 0 Å². The normalized spacial score (nSPS) is 11.2. The first-order valence-electron chi connectivity index (χ1n) is 5.71. The number of esters is 1. The van der Waals surface area contributed by atoms with Crippen LogP contribution >= 0.6 is 0 Å². The van der Waals surface area contributed by atoms with Crippen LogP contribution in [0.25, 0.3) is 0 Å². The molecular weight excluding hydrogens is 232 g/mol. The van der Waals surface area contributed by atoms with Crippen LogP contribution in [0.4, 0.5) is 11.6 Å². The van der Waals surface area contributed by atoms with E-state index in [2.05, 4.69) is 20.0 Å². The number of hydrogen-bond acceptors (Lipinski definition) is 6. The molecule has 0 aliphatic rings. The van der Waals surface area contributed by atoms with Crippen molar-refractivity contribution >= 4 is 17.6 Å². The number of nitrogen functional groups attached to an aromatic ring is 1. The summed E-state index contributed by atoms with van der Waals surface area (Å²) in [6.07, 6.45) is 0. The van der Waals surface area contributed by atoms with Gasteiger partial charge in [-0.2, -0.15) is 0 Å². The fourth-order valence-electron chi connectivity index (χ4n) is 1.27. The molecule has 1 heterocycles. The van der Waals surface area contributed by atoms with Gasteiger partial charge in [-0.3, -0.25) is 4.79 Å². The average Bonchev–Trinajstić information content (AvgIpc) is 2.28. The van der Waals surface area contributed by atoms with E-state index in [9.17, 15) is 4.79 Å². The SMILES string of the molecule is COC(=O)CNc1nc(C(C)(C)C)nc(N)c1C. The third-order valence-electron chi connectivity index (χ3n) is 2.48. The maximum atomic E-state index is 11.1. The van der Waals surface area contributed by atoms with Gasteiger partial charge in [0.15, 0.2) is 0 Å². The first-order valence-corrected chi connectivity index (χ1v) is 5.71. The molecule has 100 valence electrons. The van der Waals surface area contributed by atoms with Crippen molar-refractivity contribution in [3.63, 3.8) is 0 Å². The molecule has 0 radical (unpaired) electrons. The maximum Gasteiger partial charge on any atom is 0.325 e. The number of nitrogens with zero attached hydrogens (tertiary/aromatic N) is 2. The van der Waals surface area contributed by atoms with E-state index in [1.807, 2.05) is 20.8 Å². The number of hydrogen-bond donors (Lipinski definition) is 2. The summed E-state index contributed by atoms with van der Waals surface area (Å²) < 4.78 is 4.56. The Kier molecular flexibility index (Phi) is 4.11. The quantitative estimate of drug-likeness (QED) is 0.787. The van der Waals surface area contributed by atoms with E-state index in [1.54, 1.807) is 6.92 Å². The number of methoxy groups -OCH3 is 1. The number of aromatic nitrogens is 2. The van der Waals surface area contributed by atoms with Crippen molar-refractivity contribution in [3.8, 4) is 0 Å². The van der Waals surface area contributed by atoms with Gasteiger partial charge in [0.2, 0.25) is 0 Å². The molecule has 0 aromatic carbocycles. The van der Waals surface area contributed by atoms with Crippen LogP contribution in [-0.2, 0) is 14.9 Å². The second kappa shape index (κ2) is 5.20. The van der Waals surface area contributed by atoms with Crippen molar-refractivity contribution < 1.29 is 9.53 Å². The summed E-state index contributed by atoms with van der Waals surface area (Å²) in [6.45, 7) is 7.86. The van der Waals surface area contributed by atoms with Gasteiger partial charge in [-0.15, -0.1) is 0 Å². The summed E-state index contributed by atoms with van der Waals surface area (Å²) in [5.74, 6) is 1.27. The fourth-order valence-corrected chi connectivity index (χ4v) is 1.27. The molecule has 0 saturated carbocycles. The maximum absolute atomic E-state index is 11.1. The molecule has 0 saturated heterocycles. The summed E-state index contributed by atoms with van der Waals surface area (Å²) >= 11 is 0. The van der Waals surface area contributed by atoms with Crippen molar-refractivity contribution in [3.05, 3.63) is 11.4 Å². The molecule has 0 fully saturated rings. The molecule has 18 heavy (non-hydrogen) atoms. The van der Waals surface area contributed by atoms with Gasteiger partial charge >= 0.3 is 5.97 Å². The average molecular weight is 252 g/mol. The lowest BCUT2D eigenvalue weighted by atomic mass is 9.95. The number of carbonyl (C=O) groups excluding carboxylic acids is 1. The van der Waals surface area contributed by atoms with Crippen LogP contribution in [0.2, 0.25) is 0 Å². The number of nitrogens with one attached hydrogen (secondary N) is 1. The summed E-state index contributed by atoms with van der Waals surface area (Å²) in [5, 5.41) is 2.91. The smallest absolute Gasteiger partial charge is 0.325 e. The lowest BCUT2D eigenvalue weighted by Gasteiger charge is -2.19. The zero-order valence-corrected chi connectivity index (χ0v) is 11.5. The van der Waals surface area contributed by atoms with E-state index in [0.29, 0.717) is 17.5 Å². The molecule has 0 aliphatic carbocycles. The van der Waals surface area contributed by atoms with E-state index < -0.39 is 0 Å². The molecule has 1 aromatic heterocycles. The number of anilines is 2. The molecule has 1 rings (SSSR count). The van der Waals surface area contributed by atoms with Crippen molar-refractivity contribution in [1.29, 1.82) is 0 Å². The minimum absolute atomic E-state index is 0.0530. The lowest BCUT2D eigenvalue weighted by Crippen LogP contribution is -2.21. The molecule has 6 heteroatoms. The Hall–Kier alpha value is -1.85. The van der Waals surface area contributed by atoms with Crippen LogP contribution in [0, 0.1) is 6.92 Å². The van der Waals surface area contributed by atoms with Gasteiger partial charge in [0.05, 0.1) is 7.11 Å². The monoisotopic (exact) mass is 252 g/mol. The Balaban J connectivity index is 3.03. The zero-order valence-electron chi connectivity index (χ0n) is 11.5. The van der Waals surface area contributed by atoms with Gasteiger partial charge in [-0.05, 0) is 6.92 Å². The van der Waals surface area contributed by atoms with Crippen molar-refractivity contribution in [2.45, 2.75) is 33.1 Å². The molecule has 0 bridgehead atoms. The molecule has 0 atom stereocenters. The summed E-state index contributed by atoms with van der Waals surface area (Å²) in [5.41, 5.74) is 6.37. The number of rotatable bonds is 3. The van der Waals surface area contributed by atoms with Gasteiger partial charge in [-0.25, -0.2) is 9.97 Å². The highest BCUT2D eigenvalue weighted by Crippen LogP contribution is 2.24. The highest BCUT2D eigenvalue weighted by molar-refractivity contribution is 5.75. The van der Waals surface area contributed by atoms with E-state index in [0.717, 1.165) is 5.56 Å². The predicted octanol–water partition coefficient (Wildman–Crippen LogP) is 1.25. The van der Waals surface area contributed by atoms with Gasteiger partial charge in [0.1, 0.15) is 24.0 Å². The molecular formula is C12H20N4O2. The second-order valence-corrected chi connectivity index (χ2v) is 5.09. The Labute approximate surface area is 107 Å². The molecule has 0 aliphatic heterocycles. The zero-order chi connectivity index (χ0) is 13.9. The first kappa shape index (κ1) is 14.2. The minimum atomic E-state index is -0.358. The Morgan fingerprint density at radius 1 is 1.39 bits per heavy atom. The van der Waals surface area contributed by atoms with Crippen molar-refractivity contribution in [2.24, 2.45) is 0 Å². The van der Waals surface area contributed by atoms with Crippen LogP contribution in [0.5, 0.6) is 0 Å². The van der Waals surface area contributed by atoms with Crippen LogP contribution in [-0.4, -0.2) is 29.6 Å². The van der Waals surface area contributed by atoms with E-state index in [1.165, 1.54) is 7.11 Å². The van der Waals surface area contributed by atoms with Gasteiger partial charge < -0.3 is 15.8 Å². The van der Waals surface area contributed by atoms with Gasteiger partial charge in [-0.1, -0.05) is 20.8 Å². The molecule has 0 unspecified atom stereocenters. The van der Waals surface area contributed by atoms with Gasteiger partial charge in [0.25, 0.3) is 0 Å². The highest BCUT2D eigenvalue weighted by Gasteiger charge is 2.20. The third-order valence-corrected chi connectivity index (χ3v) is 2.48. The largest absolute Gasteiger partial charge is 0.468 e. The van der Waals surface area contributed by atoms with Crippen molar-refractivity contribution in [1.82, 2.24) is 9.97 Å². The van der Waals surface area contributed by atoms with E-state index in [-0.39, 0.29) is 17.9 Å². The van der Waals surface area contributed by atoms with Gasteiger partial charge in [0, 0.05) is 11.0 Å². The standard InChI is InChI=1S/C12H20N4O2/c1-7-9(13)15-11(12(2,3)4)16-10(7)14-6-8(17)18-5/h6H2,1-5H3,(H3,13,14,15,16). The summed E-state index contributed by atoms with van der Waals surface area (Å²) in [6, 6.07) is 0. The fraction of sp³-hybridized carbons (Fsp3) is 0.583. The molecule has 6 nitrogen and oxygen atoms in total. The second-order valence-electron chi connectivity index (χ2n) is 5.09. The van der Waals surface area contributed by atoms with Crippen LogP contribution < -0.4 is 11.1 Å². The summed E-state index contributed by atoms with van der Waals surface area (Å²) in [7, 11) is 1.34. The Morgan fingerprint density at radius 3 is 2.50 bits per heavy atom. The van der Waals surface area contributed by atoms with E-state index >= 15 is 0 Å². The van der Waals surface area contributed by atoms with E-state index in [4.69, 9.17) is 5.73 Å². The predicted molar refractivity (Wildman–Crippen MR) is 70.4 cm³/mol. The van der Waals surface area contributed by atoms with Crippen LogP contribution in [0.3, 0.4) is 0 Å². The van der Waals surface area contributed by atoms with Crippen molar-refractivity contribution in [2.75, 3.05) is 24.7 Å². The Bertz CT molecular complexity index is 452. The number of ether oxygens (including phenoxy) is 1. The first-order chi connectivity index (χ1) is 8.25. The number of carbonyl (C=O) groups is 1. The molecule has 0 amide bonds. The van der Waals surface area contributed by atoms with Crippen LogP contribution in [0.1, 0.15) is 32.2 Å². The molecule has 3 N–H and O–H groups in total. The Morgan fingerprint density at radius 2 is 2.00 bits per heavy atom. The highest BCUT2D eigenvalue weighted by atomic mass is 16.5. The number of nitrogens with two attached hydrogens (primary N) is 1. The topological polar surface area (TPSA) is 90.1 Å². The molecule has 1 aromatic rings. The summed E-state index contributed by atoms with van der Waals surface area (Å²) in [4.78, 5) is 19.8. The minimum Gasteiger partial charge on any atom is -0.468 e. The lowest BCUT2D eigenvalue weighted by molar-refractivity contribution is -0.138. The third kappa shape index (κ3) is 3.32.